The third-order valence-electron chi connectivity index (χ3n) is 4.84. The van der Waals surface area contributed by atoms with E-state index < -0.39 is 0 Å². The fraction of sp³-hybridized carbons (Fsp3) is 0.667. The number of hydrogen-bond donors (Lipinski definition) is 1. The summed E-state index contributed by atoms with van der Waals surface area (Å²) in [5.74, 6) is 1.07. The van der Waals surface area contributed by atoms with Gasteiger partial charge >= 0.3 is 0 Å². The maximum atomic E-state index is 6.37. The third kappa shape index (κ3) is 3.91. The first-order chi connectivity index (χ1) is 10.3. The SMILES string of the molecule is NC1CCN(c2ccccc2OC2CCCCCC2)CC1. The van der Waals surface area contributed by atoms with Gasteiger partial charge in [-0.2, -0.15) is 0 Å². The molecule has 0 aromatic heterocycles. The van der Waals surface area contributed by atoms with Crippen molar-refractivity contribution in [3.8, 4) is 5.75 Å². The number of rotatable bonds is 3. The molecule has 1 saturated carbocycles. The molecule has 21 heavy (non-hydrogen) atoms. The van der Waals surface area contributed by atoms with Crippen LogP contribution < -0.4 is 15.4 Å². The quantitative estimate of drug-likeness (QED) is 0.862. The summed E-state index contributed by atoms with van der Waals surface area (Å²) >= 11 is 0. The topological polar surface area (TPSA) is 38.5 Å². The molecular weight excluding hydrogens is 260 g/mol. The largest absolute Gasteiger partial charge is 0.488 e. The Balaban J connectivity index is 1.69. The average molecular weight is 288 g/mol. The molecule has 0 radical (unpaired) electrons. The van der Waals surface area contributed by atoms with Gasteiger partial charge < -0.3 is 15.4 Å². The summed E-state index contributed by atoms with van der Waals surface area (Å²) in [7, 11) is 0. The van der Waals surface area contributed by atoms with E-state index in [1.807, 2.05) is 0 Å². The summed E-state index contributed by atoms with van der Waals surface area (Å²) in [4.78, 5) is 2.44. The normalized spacial score (nSPS) is 22.0. The molecule has 0 atom stereocenters. The second-order valence-corrected chi connectivity index (χ2v) is 6.52. The van der Waals surface area contributed by atoms with Crippen molar-refractivity contribution < 1.29 is 4.74 Å². The van der Waals surface area contributed by atoms with Gasteiger partial charge in [0.05, 0.1) is 11.8 Å². The molecule has 0 bridgehead atoms. The highest BCUT2D eigenvalue weighted by Gasteiger charge is 2.21. The van der Waals surface area contributed by atoms with Gasteiger partial charge in [0, 0.05) is 19.1 Å². The molecule has 3 rings (SSSR count). The van der Waals surface area contributed by atoms with Crippen LogP contribution in [0, 0.1) is 0 Å². The molecule has 1 aromatic carbocycles. The lowest BCUT2D eigenvalue weighted by Crippen LogP contribution is -2.39. The molecule has 1 saturated heterocycles. The number of piperidine rings is 1. The van der Waals surface area contributed by atoms with Gasteiger partial charge in [-0.05, 0) is 50.7 Å². The van der Waals surface area contributed by atoms with Gasteiger partial charge in [0.2, 0.25) is 0 Å². The molecule has 2 aliphatic rings. The molecule has 116 valence electrons. The fourth-order valence-electron chi connectivity index (χ4n) is 3.50. The smallest absolute Gasteiger partial charge is 0.143 e. The van der Waals surface area contributed by atoms with Crippen LogP contribution in [-0.4, -0.2) is 25.2 Å². The molecule has 0 unspecified atom stereocenters. The van der Waals surface area contributed by atoms with Crippen LogP contribution in [0.5, 0.6) is 5.75 Å². The fourth-order valence-corrected chi connectivity index (χ4v) is 3.50. The molecule has 2 N–H and O–H groups in total. The second-order valence-electron chi connectivity index (χ2n) is 6.52. The predicted octanol–water partition coefficient (Wildman–Crippen LogP) is 3.72. The van der Waals surface area contributed by atoms with Gasteiger partial charge in [-0.3, -0.25) is 0 Å². The van der Waals surface area contributed by atoms with Crippen molar-refractivity contribution in [3.05, 3.63) is 24.3 Å². The second kappa shape index (κ2) is 7.17. The molecule has 0 spiro atoms. The summed E-state index contributed by atoms with van der Waals surface area (Å²) < 4.78 is 6.37. The van der Waals surface area contributed by atoms with E-state index in [1.54, 1.807) is 0 Å². The number of hydrogen-bond acceptors (Lipinski definition) is 3. The van der Waals surface area contributed by atoms with Crippen LogP contribution in [0.3, 0.4) is 0 Å². The molecule has 0 amide bonds. The number of anilines is 1. The number of ether oxygens (including phenoxy) is 1. The summed E-state index contributed by atoms with van der Waals surface area (Å²) in [6, 6.07) is 8.91. The molecule has 2 fully saturated rings. The Bertz CT molecular complexity index is 433. The number of nitrogens with two attached hydrogens (primary N) is 1. The molecule has 1 aliphatic heterocycles. The lowest BCUT2D eigenvalue weighted by atomic mass is 10.1. The zero-order chi connectivity index (χ0) is 14.5. The number of benzene rings is 1. The summed E-state index contributed by atoms with van der Waals surface area (Å²) in [5.41, 5.74) is 7.28. The Kier molecular flexibility index (Phi) is 5.02. The van der Waals surface area contributed by atoms with Gasteiger partial charge in [-0.15, -0.1) is 0 Å². The predicted molar refractivity (Wildman–Crippen MR) is 88.0 cm³/mol. The minimum atomic E-state index is 0.371. The lowest BCUT2D eigenvalue weighted by Gasteiger charge is -2.33. The van der Waals surface area contributed by atoms with Crippen molar-refractivity contribution in [2.45, 2.75) is 63.5 Å². The van der Waals surface area contributed by atoms with Crippen LogP contribution in [-0.2, 0) is 0 Å². The number of nitrogens with zero attached hydrogens (tertiary/aromatic N) is 1. The van der Waals surface area contributed by atoms with Gasteiger partial charge in [0.15, 0.2) is 0 Å². The number of para-hydroxylation sites is 2. The first-order valence-electron chi connectivity index (χ1n) is 8.59. The van der Waals surface area contributed by atoms with Crippen molar-refractivity contribution in [3.63, 3.8) is 0 Å². The summed E-state index contributed by atoms with van der Waals surface area (Å²) in [6.45, 7) is 2.10. The van der Waals surface area contributed by atoms with Crippen LogP contribution in [0.15, 0.2) is 24.3 Å². The van der Waals surface area contributed by atoms with E-state index in [-0.39, 0.29) is 0 Å². The highest BCUT2D eigenvalue weighted by molar-refractivity contribution is 5.58. The van der Waals surface area contributed by atoms with E-state index in [9.17, 15) is 0 Å². The van der Waals surface area contributed by atoms with Crippen LogP contribution >= 0.6 is 0 Å². The highest BCUT2D eigenvalue weighted by atomic mass is 16.5. The van der Waals surface area contributed by atoms with Crippen molar-refractivity contribution in [2.75, 3.05) is 18.0 Å². The molecule has 3 nitrogen and oxygen atoms in total. The minimum Gasteiger partial charge on any atom is -0.488 e. The Labute approximate surface area is 128 Å². The van der Waals surface area contributed by atoms with Crippen molar-refractivity contribution >= 4 is 5.69 Å². The standard InChI is InChI=1S/C18H28N2O/c19-15-11-13-20(14-12-15)17-9-5-6-10-18(17)21-16-7-3-1-2-4-8-16/h5-6,9-10,15-16H,1-4,7-8,11-14,19H2. The van der Waals surface area contributed by atoms with Crippen LogP contribution in [0.4, 0.5) is 5.69 Å². The molecule has 3 heteroatoms. The van der Waals surface area contributed by atoms with Crippen LogP contribution in [0.1, 0.15) is 51.4 Å². The first kappa shape index (κ1) is 14.7. The molecule has 1 aliphatic carbocycles. The highest BCUT2D eigenvalue weighted by Crippen LogP contribution is 2.32. The summed E-state index contributed by atoms with van der Waals surface area (Å²) in [5, 5.41) is 0. The van der Waals surface area contributed by atoms with E-state index in [1.165, 1.54) is 44.2 Å². The van der Waals surface area contributed by atoms with Gasteiger partial charge in [0.1, 0.15) is 5.75 Å². The van der Waals surface area contributed by atoms with Crippen LogP contribution in [0.25, 0.3) is 0 Å². The van der Waals surface area contributed by atoms with Gasteiger partial charge in [0.25, 0.3) is 0 Å². The van der Waals surface area contributed by atoms with E-state index in [2.05, 4.69) is 29.2 Å². The molecule has 1 aromatic rings. The first-order valence-corrected chi connectivity index (χ1v) is 8.59. The molecule has 1 heterocycles. The summed E-state index contributed by atoms with van der Waals surface area (Å²) in [6.07, 6.45) is 10.3. The maximum absolute atomic E-state index is 6.37. The van der Waals surface area contributed by atoms with E-state index in [0.717, 1.165) is 31.7 Å². The zero-order valence-electron chi connectivity index (χ0n) is 13.0. The average Bonchev–Trinajstić information content (AvgIpc) is 2.78. The minimum absolute atomic E-state index is 0.371. The van der Waals surface area contributed by atoms with Crippen molar-refractivity contribution in [1.82, 2.24) is 0 Å². The third-order valence-corrected chi connectivity index (χ3v) is 4.84. The Morgan fingerprint density at radius 2 is 1.57 bits per heavy atom. The van der Waals surface area contributed by atoms with Crippen molar-refractivity contribution in [1.29, 1.82) is 0 Å². The van der Waals surface area contributed by atoms with E-state index in [0.29, 0.717) is 12.1 Å². The Hall–Kier alpha value is -1.22. The maximum Gasteiger partial charge on any atom is 0.143 e. The van der Waals surface area contributed by atoms with Crippen molar-refractivity contribution in [2.24, 2.45) is 5.73 Å². The Morgan fingerprint density at radius 3 is 2.29 bits per heavy atom. The van der Waals surface area contributed by atoms with E-state index >= 15 is 0 Å². The van der Waals surface area contributed by atoms with Gasteiger partial charge in [-0.25, -0.2) is 0 Å². The zero-order valence-corrected chi connectivity index (χ0v) is 13.0. The van der Waals surface area contributed by atoms with Crippen LogP contribution in [0.2, 0.25) is 0 Å². The van der Waals surface area contributed by atoms with E-state index in [4.69, 9.17) is 10.5 Å². The Morgan fingerprint density at radius 1 is 0.905 bits per heavy atom. The molecular formula is C18H28N2O. The monoisotopic (exact) mass is 288 g/mol. The van der Waals surface area contributed by atoms with Gasteiger partial charge in [-0.1, -0.05) is 25.0 Å². The lowest BCUT2D eigenvalue weighted by molar-refractivity contribution is 0.184.